The van der Waals surface area contributed by atoms with Gasteiger partial charge in [-0.05, 0) is 25.2 Å². The maximum absolute atomic E-state index is 8.88. The van der Waals surface area contributed by atoms with Crippen LogP contribution in [0.4, 0.5) is 0 Å². The average Bonchev–Trinajstić information content (AvgIpc) is 2.66. The standard InChI is InChI=1S/C12H21NOS/c1-4-10-8-15-12(13-10)11(9(2)3)6-5-7-14/h8-9,11,14H,4-7H2,1-3H3. The van der Waals surface area contributed by atoms with Gasteiger partial charge in [-0.2, -0.15) is 0 Å². The molecule has 1 aromatic heterocycles. The first-order valence-electron chi connectivity index (χ1n) is 5.74. The average molecular weight is 227 g/mol. The highest BCUT2D eigenvalue weighted by Gasteiger charge is 2.18. The molecular weight excluding hydrogens is 206 g/mol. The van der Waals surface area contributed by atoms with Crippen molar-refractivity contribution in [2.45, 2.75) is 46.0 Å². The van der Waals surface area contributed by atoms with Crippen molar-refractivity contribution in [1.29, 1.82) is 0 Å². The molecule has 1 heterocycles. The lowest BCUT2D eigenvalue weighted by atomic mass is 9.92. The van der Waals surface area contributed by atoms with E-state index in [4.69, 9.17) is 5.11 Å². The lowest BCUT2D eigenvalue weighted by Crippen LogP contribution is -2.07. The van der Waals surface area contributed by atoms with Crippen LogP contribution in [0.1, 0.15) is 50.2 Å². The molecule has 0 fully saturated rings. The Kier molecular flexibility index (Phi) is 5.26. The summed E-state index contributed by atoms with van der Waals surface area (Å²) in [5, 5.41) is 12.3. The lowest BCUT2D eigenvalue weighted by Gasteiger charge is -2.17. The van der Waals surface area contributed by atoms with E-state index in [1.807, 2.05) is 0 Å². The number of aliphatic hydroxyl groups is 1. The van der Waals surface area contributed by atoms with Crippen LogP contribution in [-0.2, 0) is 6.42 Å². The molecule has 0 amide bonds. The van der Waals surface area contributed by atoms with Gasteiger partial charge in [-0.3, -0.25) is 0 Å². The van der Waals surface area contributed by atoms with Crippen LogP contribution < -0.4 is 0 Å². The molecule has 0 aliphatic carbocycles. The largest absolute Gasteiger partial charge is 0.396 e. The third-order valence-electron chi connectivity index (χ3n) is 2.73. The molecule has 1 unspecified atom stereocenters. The van der Waals surface area contributed by atoms with E-state index in [9.17, 15) is 0 Å². The maximum atomic E-state index is 8.88. The predicted molar refractivity (Wildman–Crippen MR) is 65.4 cm³/mol. The molecule has 86 valence electrons. The van der Waals surface area contributed by atoms with Crippen LogP contribution >= 0.6 is 11.3 Å². The topological polar surface area (TPSA) is 33.1 Å². The van der Waals surface area contributed by atoms with Gasteiger partial charge in [0.2, 0.25) is 0 Å². The minimum atomic E-state index is 0.287. The normalized spacial score (nSPS) is 13.4. The molecule has 0 bridgehead atoms. The highest BCUT2D eigenvalue weighted by atomic mass is 32.1. The number of thiazole rings is 1. The fraction of sp³-hybridized carbons (Fsp3) is 0.750. The van der Waals surface area contributed by atoms with E-state index in [1.54, 1.807) is 11.3 Å². The second-order valence-corrected chi connectivity index (χ2v) is 5.14. The minimum Gasteiger partial charge on any atom is -0.396 e. The van der Waals surface area contributed by atoms with E-state index >= 15 is 0 Å². The molecule has 3 heteroatoms. The van der Waals surface area contributed by atoms with Crippen molar-refractivity contribution in [2.75, 3.05) is 6.61 Å². The van der Waals surface area contributed by atoms with Gasteiger partial charge in [-0.1, -0.05) is 20.8 Å². The minimum absolute atomic E-state index is 0.287. The quantitative estimate of drug-likeness (QED) is 0.809. The first-order chi connectivity index (χ1) is 7.19. The summed E-state index contributed by atoms with van der Waals surface area (Å²) >= 11 is 1.77. The van der Waals surface area contributed by atoms with Gasteiger partial charge in [-0.25, -0.2) is 4.98 Å². The SMILES string of the molecule is CCc1csc(C(CCCO)C(C)C)n1. The molecule has 0 spiro atoms. The number of hydrogen-bond donors (Lipinski definition) is 1. The van der Waals surface area contributed by atoms with Crippen LogP contribution in [0.2, 0.25) is 0 Å². The Morgan fingerprint density at radius 2 is 2.20 bits per heavy atom. The van der Waals surface area contributed by atoms with Gasteiger partial charge in [0.15, 0.2) is 0 Å². The monoisotopic (exact) mass is 227 g/mol. The summed E-state index contributed by atoms with van der Waals surface area (Å²) in [5.74, 6) is 1.12. The summed E-state index contributed by atoms with van der Waals surface area (Å²) in [6.07, 6.45) is 2.94. The van der Waals surface area contributed by atoms with Crippen LogP contribution in [0, 0.1) is 5.92 Å². The first-order valence-corrected chi connectivity index (χ1v) is 6.62. The van der Waals surface area contributed by atoms with Gasteiger partial charge >= 0.3 is 0 Å². The molecule has 1 N–H and O–H groups in total. The number of aromatic nitrogens is 1. The van der Waals surface area contributed by atoms with Gasteiger partial charge in [0.05, 0.1) is 10.7 Å². The Morgan fingerprint density at radius 1 is 1.47 bits per heavy atom. The summed E-state index contributed by atoms with van der Waals surface area (Å²) in [5.41, 5.74) is 1.20. The van der Waals surface area contributed by atoms with Crippen molar-refractivity contribution in [3.8, 4) is 0 Å². The number of aliphatic hydroxyl groups excluding tert-OH is 1. The smallest absolute Gasteiger partial charge is 0.0961 e. The third kappa shape index (κ3) is 3.58. The number of aryl methyl sites for hydroxylation is 1. The summed E-state index contributed by atoms with van der Waals surface area (Å²) < 4.78 is 0. The Morgan fingerprint density at radius 3 is 2.67 bits per heavy atom. The number of rotatable bonds is 6. The van der Waals surface area contributed by atoms with E-state index in [2.05, 4.69) is 31.1 Å². The van der Waals surface area contributed by atoms with Crippen molar-refractivity contribution in [3.05, 3.63) is 16.1 Å². The van der Waals surface area contributed by atoms with Gasteiger partial charge in [0.25, 0.3) is 0 Å². The molecule has 0 aliphatic rings. The fourth-order valence-corrected chi connectivity index (χ4v) is 2.92. The van der Waals surface area contributed by atoms with Gasteiger partial charge < -0.3 is 5.11 Å². The second kappa shape index (κ2) is 6.23. The first kappa shape index (κ1) is 12.7. The molecule has 0 radical (unpaired) electrons. The van der Waals surface area contributed by atoms with Crippen molar-refractivity contribution < 1.29 is 5.11 Å². The Bertz CT molecular complexity index is 283. The highest BCUT2D eigenvalue weighted by Crippen LogP contribution is 2.31. The zero-order chi connectivity index (χ0) is 11.3. The zero-order valence-corrected chi connectivity index (χ0v) is 10.7. The van der Waals surface area contributed by atoms with E-state index in [0.717, 1.165) is 19.3 Å². The molecule has 2 nitrogen and oxygen atoms in total. The fourth-order valence-electron chi connectivity index (χ4n) is 1.71. The highest BCUT2D eigenvalue weighted by molar-refractivity contribution is 7.09. The third-order valence-corrected chi connectivity index (χ3v) is 3.75. The maximum Gasteiger partial charge on any atom is 0.0961 e. The van der Waals surface area contributed by atoms with Crippen LogP contribution in [0.15, 0.2) is 5.38 Å². The van der Waals surface area contributed by atoms with Gasteiger partial charge in [-0.15, -0.1) is 11.3 Å². The molecule has 0 saturated heterocycles. The molecular formula is C12H21NOS. The summed E-state index contributed by atoms with van der Waals surface area (Å²) in [6, 6.07) is 0. The molecule has 0 aliphatic heterocycles. The summed E-state index contributed by atoms with van der Waals surface area (Å²) in [7, 11) is 0. The van der Waals surface area contributed by atoms with Crippen LogP contribution in [-0.4, -0.2) is 16.7 Å². The van der Waals surface area contributed by atoms with E-state index in [1.165, 1.54) is 10.7 Å². The molecule has 1 atom stereocenters. The molecule has 15 heavy (non-hydrogen) atoms. The lowest BCUT2D eigenvalue weighted by molar-refractivity contribution is 0.273. The summed E-state index contributed by atoms with van der Waals surface area (Å²) in [6.45, 7) is 6.89. The van der Waals surface area contributed by atoms with Crippen molar-refractivity contribution in [3.63, 3.8) is 0 Å². The van der Waals surface area contributed by atoms with Crippen LogP contribution in [0.5, 0.6) is 0 Å². The van der Waals surface area contributed by atoms with Crippen LogP contribution in [0.3, 0.4) is 0 Å². The van der Waals surface area contributed by atoms with Gasteiger partial charge in [0, 0.05) is 17.9 Å². The Hall–Kier alpha value is -0.410. The molecule has 1 aromatic rings. The predicted octanol–water partition coefficient (Wildman–Crippen LogP) is 3.22. The van der Waals surface area contributed by atoms with E-state index in [0.29, 0.717) is 11.8 Å². The van der Waals surface area contributed by atoms with Crippen molar-refractivity contribution in [2.24, 2.45) is 5.92 Å². The Labute approximate surface area is 96.4 Å². The number of nitrogens with zero attached hydrogens (tertiary/aromatic N) is 1. The van der Waals surface area contributed by atoms with Gasteiger partial charge in [0.1, 0.15) is 0 Å². The number of hydrogen-bond acceptors (Lipinski definition) is 3. The van der Waals surface area contributed by atoms with Crippen molar-refractivity contribution in [1.82, 2.24) is 4.98 Å². The van der Waals surface area contributed by atoms with Crippen molar-refractivity contribution >= 4 is 11.3 Å². The molecule has 0 saturated carbocycles. The Balaban J connectivity index is 2.70. The summed E-state index contributed by atoms with van der Waals surface area (Å²) in [4.78, 5) is 4.64. The molecule has 1 rings (SSSR count). The van der Waals surface area contributed by atoms with E-state index in [-0.39, 0.29) is 6.61 Å². The zero-order valence-electron chi connectivity index (χ0n) is 9.86. The van der Waals surface area contributed by atoms with Crippen LogP contribution in [0.25, 0.3) is 0 Å². The second-order valence-electron chi connectivity index (χ2n) is 4.25. The van der Waals surface area contributed by atoms with E-state index < -0.39 is 0 Å². The molecule has 0 aromatic carbocycles.